The molecule has 8 heteroatoms. The molecule has 1 amide bonds. The first-order chi connectivity index (χ1) is 11.7. The van der Waals surface area contributed by atoms with Gasteiger partial charge in [0, 0.05) is 30.4 Å². The largest absolute Gasteiger partial charge is 0.378 e. The van der Waals surface area contributed by atoms with Gasteiger partial charge in [-0.15, -0.1) is 24.8 Å². The minimum Gasteiger partial charge on any atom is -0.378 e. The number of morpholine rings is 1. The van der Waals surface area contributed by atoms with Crippen LogP contribution in [0, 0.1) is 17.2 Å². The molecule has 2 aliphatic heterocycles. The van der Waals surface area contributed by atoms with Gasteiger partial charge in [-0.2, -0.15) is 0 Å². The molecule has 2 heterocycles. The van der Waals surface area contributed by atoms with E-state index in [9.17, 15) is 9.18 Å². The molecule has 1 saturated carbocycles. The highest BCUT2D eigenvalue weighted by atomic mass is 35.5. The molecule has 5 nitrogen and oxygen atoms in total. The van der Waals surface area contributed by atoms with Gasteiger partial charge in [-0.1, -0.05) is 0 Å². The van der Waals surface area contributed by atoms with Gasteiger partial charge < -0.3 is 20.3 Å². The first-order valence-electron chi connectivity index (χ1n) is 8.81. The number of anilines is 2. The molecule has 0 bridgehead atoms. The molecule has 26 heavy (non-hydrogen) atoms. The number of halogens is 3. The van der Waals surface area contributed by atoms with Crippen molar-refractivity contribution in [3.63, 3.8) is 0 Å². The van der Waals surface area contributed by atoms with Crippen LogP contribution in [0.25, 0.3) is 0 Å². The zero-order chi connectivity index (χ0) is 16.6. The third-order valence-corrected chi connectivity index (χ3v) is 5.63. The molecule has 1 aromatic rings. The highest BCUT2D eigenvalue weighted by Crippen LogP contribution is 2.58. The Kier molecular flexibility index (Phi) is 7.13. The first-order valence-corrected chi connectivity index (χ1v) is 8.81. The minimum atomic E-state index is -0.318. The normalized spacial score (nSPS) is 23.6. The zero-order valence-electron chi connectivity index (χ0n) is 14.6. The van der Waals surface area contributed by atoms with Gasteiger partial charge >= 0.3 is 0 Å². The molecule has 1 aliphatic carbocycles. The van der Waals surface area contributed by atoms with Crippen LogP contribution in [0.2, 0.25) is 0 Å². The third-order valence-electron chi connectivity index (χ3n) is 5.63. The molecule has 1 aromatic carbocycles. The van der Waals surface area contributed by atoms with Crippen molar-refractivity contribution in [1.29, 1.82) is 0 Å². The number of carbonyl (C=O) groups is 1. The molecule has 0 radical (unpaired) electrons. The summed E-state index contributed by atoms with van der Waals surface area (Å²) in [6, 6.07) is 4.79. The second-order valence-corrected chi connectivity index (χ2v) is 7.16. The fourth-order valence-electron chi connectivity index (χ4n) is 4.08. The van der Waals surface area contributed by atoms with Crippen LogP contribution in [0.3, 0.4) is 0 Å². The lowest BCUT2D eigenvalue weighted by Gasteiger charge is -2.29. The van der Waals surface area contributed by atoms with Crippen LogP contribution >= 0.6 is 24.8 Å². The van der Waals surface area contributed by atoms with Gasteiger partial charge in [0.25, 0.3) is 0 Å². The van der Waals surface area contributed by atoms with Crippen molar-refractivity contribution in [1.82, 2.24) is 5.32 Å². The molecular weight excluding hydrogens is 380 g/mol. The van der Waals surface area contributed by atoms with E-state index < -0.39 is 0 Å². The molecule has 2 N–H and O–H groups in total. The Hall–Kier alpha value is -1.08. The number of piperidine rings is 1. The van der Waals surface area contributed by atoms with Gasteiger partial charge in [-0.25, -0.2) is 4.39 Å². The van der Waals surface area contributed by atoms with Crippen LogP contribution < -0.4 is 15.5 Å². The van der Waals surface area contributed by atoms with Crippen molar-refractivity contribution in [2.24, 2.45) is 11.3 Å². The maximum atomic E-state index is 14.0. The molecule has 2 saturated heterocycles. The Morgan fingerprint density at radius 2 is 1.88 bits per heavy atom. The zero-order valence-corrected chi connectivity index (χ0v) is 16.3. The van der Waals surface area contributed by atoms with Crippen molar-refractivity contribution < 1.29 is 13.9 Å². The Labute approximate surface area is 165 Å². The van der Waals surface area contributed by atoms with Crippen molar-refractivity contribution in [2.75, 3.05) is 49.6 Å². The molecular formula is C18H26Cl2FN3O2. The van der Waals surface area contributed by atoms with E-state index in [2.05, 4.69) is 15.5 Å². The van der Waals surface area contributed by atoms with Gasteiger partial charge in [0.2, 0.25) is 5.91 Å². The Balaban J connectivity index is 0.00000121. The molecule has 0 aromatic heterocycles. The highest BCUT2D eigenvalue weighted by molar-refractivity contribution is 5.95. The number of ether oxygens (including phenoxy) is 1. The van der Waals surface area contributed by atoms with Gasteiger partial charge in [0.15, 0.2) is 0 Å². The second kappa shape index (κ2) is 8.74. The number of nitrogens with zero attached hydrogens (tertiary/aromatic N) is 1. The molecule has 146 valence electrons. The first kappa shape index (κ1) is 21.2. The number of nitrogens with one attached hydrogen (secondary N) is 2. The SMILES string of the molecule is Cl.Cl.O=C(Nc1cc(F)cc(N2CCOCC2)c1)C1CC12CCNCC2. The van der Waals surface area contributed by atoms with Crippen LogP contribution in [-0.4, -0.2) is 45.3 Å². The average molecular weight is 406 g/mol. The topological polar surface area (TPSA) is 53.6 Å². The smallest absolute Gasteiger partial charge is 0.228 e. The van der Waals surface area contributed by atoms with Gasteiger partial charge in [-0.3, -0.25) is 4.79 Å². The van der Waals surface area contributed by atoms with Gasteiger partial charge in [0.05, 0.1) is 13.2 Å². The Bertz CT molecular complexity index is 635. The number of benzene rings is 1. The maximum absolute atomic E-state index is 14.0. The average Bonchev–Trinajstić information content (AvgIpc) is 3.29. The number of hydrogen-bond acceptors (Lipinski definition) is 4. The summed E-state index contributed by atoms with van der Waals surface area (Å²) >= 11 is 0. The van der Waals surface area contributed by atoms with E-state index in [-0.39, 0.29) is 47.9 Å². The van der Waals surface area contributed by atoms with Gasteiger partial charge in [-0.05, 0) is 56.0 Å². The van der Waals surface area contributed by atoms with Crippen molar-refractivity contribution in [3.8, 4) is 0 Å². The Morgan fingerprint density at radius 3 is 2.58 bits per heavy atom. The molecule has 4 rings (SSSR count). The second-order valence-electron chi connectivity index (χ2n) is 7.16. The van der Waals surface area contributed by atoms with E-state index in [1.54, 1.807) is 0 Å². The predicted molar refractivity (Wildman–Crippen MR) is 105 cm³/mol. The fraction of sp³-hybridized carbons (Fsp3) is 0.611. The van der Waals surface area contributed by atoms with Crippen LogP contribution in [-0.2, 0) is 9.53 Å². The standard InChI is InChI=1S/C18H24FN3O2.2ClH/c19-13-9-14(11-15(10-13)22-5-7-24-8-6-22)21-17(23)16-12-18(16)1-3-20-4-2-18;;/h9-11,16,20H,1-8,12H2,(H,21,23);2*1H. The molecule has 1 atom stereocenters. The summed E-state index contributed by atoms with van der Waals surface area (Å²) in [6.07, 6.45) is 3.09. The molecule has 3 fully saturated rings. The van der Waals surface area contributed by atoms with E-state index in [0.29, 0.717) is 18.9 Å². The van der Waals surface area contributed by atoms with E-state index >= 15 is 0 Å². The van der Waals surface area contributed by atoms with E-state index in [4.69, 9.17) is 4.74 Å². The summed E-state index contributed by atoms with van der Waals surface area (Å²) in [6.45, 7) is 4.77. The lowest BCUT2D eigenvalue weighted by atomic mass is 9.92. The third kappa shape index (κ3) is 4.42. The minimum absolute atomic E-state index is 0. The summed E-state index contributed by atoms with van der Waals surface area (Å²) in [5, 5.41) is 6.28. The highest BCUT2D eigenvalue weighted by Gasteiger charge is 2.57. The number of hydrogen-bond donors (Lipinski definition) is 2. The number of carbonyl (C=O) groups excluding carboxylic acids is 1. The number of amides is 1. The summed E-state index contributed by atoms with van der Waals surface area (Å²) in [4.78, 5) is 14.7. The predicted octanol–water partition coefficient (Wildman–Crippen LogP) is 2.83. The van der Waals surface area contributed by atoms with Crippen molar-refractivity contribution >= 4 is 42.1 Å². The lowest BCUT2D eigenvalue weighted by molar-refractivity contribution is -0.118. The van der Waals surface area contributed by atoms with Crippen LogP contribution in [0.4, 0.5) is 15.8 Å². The quantitative estimate of drug-likeness (QED) is 0.811. The molecule has 3 aliphatic rings. The van der Waals surface area contributed by atoms with Crippen molar-refractivity contribution in [2.45, 2.75) is 19.3 Å². The van der Waals surface area contributed by atoms with E-state index in [0.717, 1.165) is 51.1 Å². The lowest BCUT2D eigenvalue weighted by Crippen LogP contribution is -2.36. The monoisotopic (exact) mass is 405 g/mol. The summed E-state index contributed by atoms with van der Waals surface area (Å²) in [7, 11) is 0. The summed E-state index contributed by atoms with van der Waals surface area (Å²) < 4.78 is 19.3. The summed E-state index contributed by atoms with van der Waals surface area (Å²) in [5.41, 5.74) is 1.55. The molecule has 1 unspecified atom stereocenters. The van der Waals surface area contributed by atoms with E-state index in [1.165, 1.54) is 12.1 Å². The van der Waals surface area contributed by atoms with E-state index in [1.807, 2.05) is 6.07 Å². The van der Waals surface area contributed by atoms with Crippen LogP contribution in [0.1, 0.15) is 19.3 Å². The summed E-state index contributed by atoms with van der Waals surface area (Å²) in [5.74, 6) is -0.202. The fourth-order valence-corrected chi connectivity index (χ4v) is 4.08. The van der Waals surface area contributed by atoms with Crippen LogP contribution in [0.5, 0.6) is 0 Å². The van der Waals surface area contributed by atoms with Gasteiger partial charge in [0.1, 0.15) is 5.82 Å². The van der Waals surface area contributed by atoms with Crippen LogP contribution in [0.15, 0.2) is 18.2 Å². The maximum Gasteiger partial charge on any atom is 0.228 e. The Morgan fingerprint density at radius 1 is 1.19 bits per heavy atom. The molecule has 1 spiro atoms. The number of rotatable bonds is 3. The van der Waals surface area contributed by atoms with Crippen molar-refractivity contribution in [3.05, 3.63) is 24.0 Å².